The Balaban J connectivity index is 2.43. The maximum absolute atomic E-state index is 13.7. The summed E-state index contributed by atoms with van der Waals surface area (Å²) < 4.78 is 19.8. The van der Waals surface area contributed by atoms with Crippen LogP contribution in [0.1, 0.15) is 29.9 Å². The average molecular weight is 298 g/mol. The number of nitrogens with two attached hydrogens (primary N) is 1. The van der Waals surface area contributed by atoms with Crippen molar-refractivity contribution in [3.8, 4) is 0 Å². The Bertz CT molecular complexity index is 524. The largest absolute Gasteiger partial charge is 0.469 e. The van der Waals surface area contributed by atoms with Crippen molar-refractivity contribution < 1.29 is 8.81 Å². The van der Waals surface area contributed by atoms with Crippen molar-refractivity contribution in [3.05, 3.63) is 57.7 Å². The molecule has 0 saturated heterocycles. The van der Waals surface area contributed by atoms with Crippen molar-refractivity contribution in [2.75, 3.05) is 0 Å². The monoisotopic (exact) mass is 297 g/mol. The van der Waals surface area contributed by atoms with Gasteiger partial charge in [-0.15, -0.1) is 0 Å². The standard InChI is InChI=1S/C13H13BrFNO/c1-2-12-9(5-6-17-12)13(16)10-7-8(14)3-4-11(10)15/h3-7,13H,2,16H2,1H3. The van der Waals surface area contributed by atoms with Gasteiger partial charge in [-0.25, -0.2) is 4.39 Å². The highest BCUT2D eigenvalue weighted by atomic mass is 79.9. The second kappa shape index (κ2) is 5.02. The second-order valence-electron chi connectivity index (χ2n) is 3.80. The Morgan fingerprint density at radius 3 is 2.82 bits per heavy atom. The lowest BCUT2D eigenvalue weighted by Crippen LogP contribution is -2.14. The van der Waals surface area contributed by atoms with Gasteiger partial charge in [-0.2, -0.15) is 0 Å². The highest BCUT2D eigenvalue weighted by molar-refractivity contribution is 9.10. The molecule has 2 nitrogen and oxygen atoms in total. The fraction of sp³-hybridized carbons (Fsp3) is 0.231. The van der Waals surface area contributed by atoms with E-state index in [-0.39, 0.29) is 5.82 Å². The Labute approximate surface area is 108 Å². The van der Waals surface area contributed by atoms with Crippen LogP contribution in [0, 0.1) is 5.82 Å². The molecular formula is C13H13BrFNO. The zero-order chi connectivity index (χ0) is 12.4. The molecular weight excluding hydrogens is 285 g/mol. The van der Waals surface area contributed by atoms with Crippen molar-refractivity contribution in [3.63, 3.8) is 0 Å². The molecule has 1 aromatic heterocycles. The van der Waals surface area contributed by atoms with Crippen LogP contribution in [0.3, 0.4) is 0 Å². The van der Waals surface area contributed by atoms with Crippen LogP contribution in [-0.2, 0) is 6.42 Å². The topological polar surface area (TPSA) is 39.2 Å². The maximum atomic E-state index is 13.7. The molecule has 4 heteroatoms. The van der Waals surface area contributed by atoms with E-state index in [1.54, 1.807) is 24.5 Å². The summed E-state index contributed by atoms with van der Waals surface area (Å²) in [5, 5.41) is 0. The molecule has 1 unspecified atom stereocenters. The summed E-state index contributed by atoms with van der Waals surface area (Å²) >= 11 is 3.32. The molecule has 2 N–H and O–H groups in total. The molecule has 0 bridgehead atoms. The number of aryl methyl sites for hydroxylation is 1. The molecule has 17 heavy (non-hydrogen) atoms. The molecule has 2 aromatic rings. The summed E-state index contributed by atoms with van der Waals surface area (Å²) in [4.78, 5) is 0. The zero-order valence-electron chi connectivity index (χ0n) is 9.41. The predicted octanol–water partition coefficient (Wildman–Crippen LogP) is 3.79. The van der Waals surface area contributed by atoms with Gasteiger partial charge in [-0.05, 0) is 24.3 Å². The number of hydrogen-bond donors (Lipinski definition) is 1. The lowest BCUT2D eigenvalue weighted by atomic mass is 9.99. The number of furan rings is 1. The van der Waals surface area contributed by atoms with Crippen LogP contribution >= 0.6 is 15.9 Å². The van der Waals surface area contributed by atoms with E-state index < -0.39 is 6.04 Å². The molecule has 0 saturated carbocycles. The fourth-order valence-corrected chi connectivity index (χ4v) is 2.21. The van der Waals surface area contributed by atoms with Crippen LogP contribution in [0.25, 0.3) is 0 Å². The SMILES string of the molecule is CCc1occc1C(N)c1cc(Br)ccc1F. The van der Waals surface area contributed by atoms with Gasteiger partial charge in [0.25, 0.3) is 0 Å². The summed E-state index contributed by atoms with van der Waals surface area (Å²) in [6.45, 7) is 1.98. The Kier molecular flexibility index (Phi) is 3.64. The van der Waals surface area contributed by atoms with E-state index in [2.05, 4.69) is 15.9 Å². The molecule has 0 aliphatic heterocycles. The normalized spacial score (nSPS) is 12.7. The molecule has 0 spiro atoms. The van der Waals surface area contributed by atoms with Crippen LogP contribution in [0.2, 0.25) is 0 Å². The van der Waals surface area contributed by atoms with Crippen LogP contribution in [0.4, 0.5) is 4.39 Å². The predicted molar refractivity (Wildman–Crippen MR) is 68.2 cm³/mol. The van der Waals surface area contributed by atoms with Gasteiger partial charge in [0, 0.05) is 22.0 Å². The van der Waals surface area contributed by atoms with Gasteiger partial charge in [-0.1, -0.05) is 22.9 Å². The lowest BCUT2D eigenvalue weighted by molar-refractivity contribution is 0.507. The Hall–Kier alpha value is -1.13. The first kappa shape index (κ1) is 12.3. The molecule has 0 radical (unpaired) electrons. The number of hydrogen-bond acceptors (Lipinski definition) is 2. The average Bonchev–Trinajstić information content (AvgIpc) is 2.79. The first-order valence-electron chi connectivity index (χ1n) is 5.40. The highest BCUT2D eigenvalue weighted by Gasteiger charge is 2.18. The smallest absolute Gasteiger partial charge is 0.128 e. The molecule has 0 aliphatic carbocycles. The van der Waals surface area contributed by atoms with E-state index >= 15 is 0 Å². The third-order valence-electron chi connectivity index (χ3n) is 2.73. The number of benzene rings is 1. The third kappa shape index (κ3) is 2.42. The van der Waals surface area contributed by atoms with E-state index in [0.29, 0.717) is 5.56 Å². The van der Waals surface area contributed by atoms with Crippen LogP contribution in [-0.4, -0.2) is 0 Å². The number of rotatable bonds is 3. The van der Waals surface area contributed by atoms with Crippen LogP contribution in [0.15, 0.2) is 39.4 Å². The van der Waals surface area contributed by atoms with Gasteiger partial charge < -0.3 is 10.2 Å². The van der Waals surface area contributed by atoms with Crippen LogP contribution in [0.5, 0.6) is 0 Å². The van der Waals surface area contributed by atoms with E-state index in [0.717, 1.165) is 22.2 Å². The molecule has 0 aliphatic rings. The Morgan fingerprint density at radius 2 is 2.12 bits per heavy atom. The summed E-state index contributed by atoms with van der Waals surface area (Å²) in [6, 6.07) is 6.06. The van der Waals surface area contributed by atoms with Crippen molar-refractivity contribution in [1.82, 2.24) is 0 Å². The molecule has 1 heterocycles. The second-order valence-corrected chi connectivity index (χ2v) is 4.71. The first-order chi connectivity index (χ1) is 8.13. The van der Waals surface area contributed by atoms with Crippen molar-refractivity contribution in [2.45, 2.75) is 19.4 Å². The van der Waals surface area contributed by atoms with Gasteiger partial charge in [0.2, 0.25) is 0 Å². The first-order valence-corrected chi connectivity index (χ1v) is 6.19. The highest BCUT2D eigenvalue weighted by Crippen LogP contribution is 2.28. The minimum absolute atomic E-state index is 0.302. The van der Waals surface area contributed by atoms with E-state index in [1.807, 2.05) is 6.92 Å². The summed E-state index contributed by atoms with van der Waals surface area (Å²) in [7, 11) is 0. The van der Waals surface area contributed by atoms with E-state index in [9.17, 15) is 4.39 Å². The molecule has 0 amide bonds. The molecule has 2 rings (SSSR count). The van der Waals surface area contributed by atoms with Gasteiger partial charge in [0.1, 0.15) is 11.6 Å². The molecule has 1 atom stereocenters. The minimum Gasteiger partial charge on any atom is -0.469 e. The molecule has 90 valence electrons. The minimum atomic E-state index is -0.499. The summed E-state index contributed by atoms with van der Waals surface area (Å²) in [5.74, 6) is 0.501. The van der Waals surface area contributed by atoms with Gasteiger partial charge in [0.05, 0.1) is 12.3 Å². The van der Waals surface area contributed by atoms with Gasteiger partial charge in [-0.3, -0.25) is 0 Å². The van der Waals surface area contributed by atoms with Crippen molar-refractivity contribution >= 4 is 15.9 Å². The zero-order valence-corrected chi connectivity index (χ0v) is 11.0. The van der Waals surface area contributed by atoms with Gasteiger partial charge >= 0.3 is 0 Å². The van der Waals surface area contributed by atoms with Gasteiger partial charge in [0.15, 0.2) is 0 Å². The van der Waals surface area contributed by atoms with Crippen molar-refractivity contribution in [2.24, 2.45) is 5.73 Å². The molecule has 0 fully saturated rings. The summed E-state index contributed by atoms with van der Waals surface area (Å²) in [5.41, 5.74) is 7.39. The summed E-state index contributed by atoms with van der Waals surface area (Å²) in [6.07, 6.45) is 2.33. The van der Waals surface area contributed by atoms with Crippen LogP contribution < -0.4 is 5.73 Å². The third-order valence-corrected chi connectivity index (χ3v) is 3.22. The number of halogens is 2. The lowest BCUT2D eigenvalue weighted by Gasteiger charge is -2.13. The Morgan fingerprint density at radius 1 is 1.35 bits per heavy atom. The molecule has 1 aromatic carbocycles. The van der Waals surface area contributed by atoms with E-state index in [4.69, 9.17) is 10.2 Å². The van der Waals surface area contributed by atoms with Crippen molar-refractivity contribution in [1.29, 1.82) is 0 Å². The fourth-order valence-electron chi connectivity index (χ4n) is 1.84. The van der Waals surface area contributed by atoms with E-state index in [1.165, 1.54) is 6.07 Å². The quantitative estimate of drug-likeness (QED) is 0.936. The maximum Gasteiger partial charge on any atom is 0.128 e.